The largest absolute Gasteiger partial charge is 0.465 e. The van der Waals surface area contributed by atoms with Crippen LogP contribution in [0.3, 0.4) is 0 Å². The Labute approximate surface area is 172 Å². The lowest BCUT2D eigenvalue weighted by molar-refractivity contribution is -0.143. The minimum absolute atomic E-state index is 0.123. The van der Waals surface area contributed by atoms with Crippen molar-refractivity contribution in [2.75, 3.05) is 6.61 Å². The van der Waals surface area contributed by atoms with E-state index in [1.807, 2.05) is 18.2 Å². The van der Waals surface area contributed by atoms with Gasteiger partial charge < -0.3 is 9.30 Å². The lowest BCUT2D eigenvalue weighted by atomic mass is 10.0. The van der Waals surface area contributed by atoms with Crippen LogP contribution in [-0.4, -0.2) is 25.6 Å². The molecule has 0 atom stereocenters. The fraction of sp³-hybridized carbons (Fsp3) is 0.300. The maximum Gasteiger partial charge on any atom is 0.326 e. The fourth-order valence-corrected chi connectivity index (χ4v) is 5.05. The van der Waals surface area contributed by atoms with Crippen molar-refractivity contribution in [1.29, 1.82) is 0 Å². The molecule has 0 N–H and O–H groups in total. The number of fused-ring (bicyclic) bond motifs is 1. The summed E-state index contributed by atoms with van der Waals surface area (Å²) >= 11 is 1.18. The Kier molecular flexibility index (Phi) is 6.18. The summed E-state index contributed by atoms with van der Waals surface area (Å²) in [7, 11) is -4.08. The molecule has 3 aromatic rings. The van der Waals surface area contributed by atoms with Crippen LogP contribution in [0.15, 0.2) is 51.8 Å². The molecule has 0 aliphatic rings. The highest BCUT2D eigenvalue weighted by Crippen LogP contribution is 2.24. The van der Waals surface area contributed by atoms with Crippen molar-refractivity contribution in [2.45, 2.75) is 38.1 Å². The topological polar surface area (TPSA) is 77.7 Å². The number of carbonyl (C=O) groups excluding carboxylic acids is 1. The van der Waals surface area contributed by atoms with E-state index in [2.05, 4.69) is 18.2 Å². The standard InChI is InChI=1S/C20H21FN2O4S2/c1-4-27-19(24)12-23-17-10-5-14(13(2)3)11-18(17)28-20(23)22-29(25,26)16-8-6-15(21)7-9-16/h5-11,13H,4,12H2,1-3H3/b22-20-. The summed E-state index contributed by atoms with van der Waals surface area (Å²) in [6, 6.07) is 10.2. The average Bonchev–Trinajstić information content (AvgIpc) is 2.98. The molecule has 0 saturated heterocycles. The van der Waals surface area contributed by atoms with Crippen molar-refractivity contribution in [2.24, 2.45) is 4.40 Å². The van der Waals surface area contributed by atoms with Crippen LogP contribution in [0.4, 0.5) is 4.39 Å². The van der Waals surface area contributed by atoms with Crippen LogP contribution < -0.4 is 4.80 Å². The summed E-state index contributed by atoms with van der Waals surface area (Å²) in [6.07, 6.45) is 0. The second-order valence-corrected chi connectivity index (χ2v) is 9.29. The maximum absolute atomic E-state index is 13.1. The van der Waals surface area contributed by atoms with Gasteiger partial charge in [-0.25, -0.2) is 4.39 Å². The van der Waals surface area contributed by atoms with Crippen molar-refractivity contribution >= 4 is 37.5 Å². The molecule has 154 valence electrons. The molecule has 0 radical (unpaired) electrons. The predicted molar refractivity (Wildman–Crippen MR) is 110 cm³/mol. The zero-order chi connectivity index (χ0) is 21.2. The van der Waals surface area contributed by atoms with E-state index < -0.39 is 21.8 Å². The van der Waals surface area contributed by atoms with Gasteiger partial charge in [-0.1, -0.05) is 31.3 Å². The molecule has 0 saturated carbocycles. The van der Waals surface area contributed by atoms with Crippen LogP contribution in [0.25, 0.3) is 10.2 Å². The highest BCUT2D eigenvalue weighted by molar-refractivity contribution is 7.90. The SMILES string of the molecule is CCOC(=O)Cn1/c(=N/S(=O)(=O)c2ccc(F)cc2)sc2cc(C(C)C)ccc21. The van der Waals surface area contributed by atoms with Crippen LogP contribution in [0.2, 0.25) is 0 Å². The Morgan fingerprint density at radius 1 is 1.21 bits per heavy atom. The molecule has 6 nitrogen and oxygen atoms in total. The van der Waals surface area contributed by atoms with Crippen molar-refractivity contribution in [3.63, 3.8) is 0 Å². The predicted octanol–water partition coefficient (Wildman–Crippen LogP) is 3.82. The van der Waals surface area contributed by atoms with Gasteiger partial charge in [-0.15, -0.1) is 4.40 Å². The monoisotopic (exact) mass is 436 g/mol. The summed E-state index contributed by atoms with van der Waals surface area (Å²) in [5.74, 6) is -0.728. The number of halogens is 1. The highest BCUT2D eigenvalue weighted by atomic mass is 32.2. The summed E-state index contributed by atoms with van der Waals surface area (Å²) in [5, 5.41) is 0. The minimum atomic E-state index is -4.08. The number of aromatic nitrogens is 1. The number of rotatable bonds is 6. The van der Waals surface area contributed by atoms with Gasteiger partial charge in [0.25, 0.3) is 10.0 Å². The molecular formula is C20H21FN2O4S2. The number of ether oxygens (including phenoxy) is 1. The van der Waals surface area contributed by atoms with Gasteiger partial charge in [0.1, 0.15) is 12.4 Å². The Bertz CT molecular complexity index is 1210. The smallest absolute Gasteiger partial charge is 0.326 e. The minimum Gasteiger partial charge on any atom is -0.465 e. The third-order valence-electron chi connectivity index (χ3n) is 4.28. The van der Waals surface area contributed by atoms with Gasteiger partial charge in [-0.2, -0.15) is 8.42 Å². The molecular weight excluding hydrogens is 415 g/mol. The molecule has 1 aromatic heterocycles. The van der Waals surface area contributed by atoms with Crippen LogP contribution in [0.5, 0.6) is 0 Å². The zero-order valence-electron chi connectivity index (χ0n) is 16.3. The molecule has 0 aliphatic carbocycles. The number of hydrogen-bond acceptors (Lipinski definition) is 5. The Morgan fingerprint density at radius 3 is 2.52 bits per heavy atom. The van der Waals surface area contributed by atoms with Gasteiger partial charge in [0, 0.05) is 0 Å². The molecule has 2 aromatic carbocycles. The first-order valence-corrected chi connectivity index (χ1v) is 11.3. The van der Waals surface area contributed by atoms with E-state index in [0.29, 0.717) is 11.4 Å². The summed E-state index contributed by atoms with van der Waals surface area (Å²) in [5.41, 5.74) is 1.79. The summed E-state index contributed by atoms with van der Waals surface area (Å²) in [6.45, 7) is 5.89. The Hall–Kier alpha value is -2.52. The molecule has 3 rings (SSSR count). The van der Waals surface area contributed by atoms with E-state index in [-0.39, 0.29) is 22.8 Å². The molecule has 9 heteroatoms. The number of carbonyl (C=O) groups is 1. The Balaban J connectivity index is 2.19. The van der Waals surface area contributed by atoms with Crippen LogP contribution >= 0.6 is 11.3 Å². The van der Waals surface area contributed by atoms with Crippen LogP contribution in [0, 0.1) is 5.82 Å². The number of esters is 1. The summed E-state index contributed by atoms with van der Waals surface area (Å²) in [4.78, 5) is 12.1. The molecule has 0 fully saturated rings. The maximum atomic E-state index is 13.1. The molecule has 0 spiro atoms. The quantitative estimate of drug-likeness (QED) is 0.551. The van der Waals surface area contributed by atoms with Gasteiger partial charge in [0.05, 0.1) is 21.7 Å². The van der Waals surface area contributed by atoms with E-state index in [1.54, 1.807) is 6.92 Å². The normalized spacial score (nSPS) is 12.7. The number of hydrogen-bond donors (Lipinski definition) is 0. The lowest BCUT2D eigenvalue weighted by Crippen LogP contribution is -2.23. The molecule has 0 amide bonds. The van der Waals surface area contributed by atoms with Crippen molar-refractivity contribution < 1.29 is 22.3 Å². The second-order valence-electron chi connectivity index (χ2n) is 6.68. The van der Waals surface area contributed by atoms with E-state index in [0.717, 1.165) is 34.5 Å². The van der Waals surface area contributed by atoms with E-state index in [4.69, 9.17) is 4.74 Å². The van der Waals surface area contributed by atoms with Gasteiger partial charge in [-0.3, -0.25) is 4.79 Å². The first-order chi connectivity index (χ1) is 13.7. The van der Waals surface area contributed by atoms with Gasteiger partial charge in [0.2, 0.25) is 4.80 Å². The third kappa shape index (κ3) is 4.73. The first kappa shape index (κ1) is 21.2. The van der Waals surface area contributed by atoms with Gasteiger partial charge in [-0.05, 0) is 54.8 Å². The molecule has 1 heterocycles. The van der Waals surface area contributed by atoms with E-state index in [9.17, 15) is 17.6 Å². The van der Waals surface area contributed by atoms with E-state index in [1.165, 1.54) is 15.9 Å². The van der Waals surface area contributed by atoms with Gasteiger partial charge >= 0.3 is 5.97 Å². The average molecular weight is 437 g/mol. The molecule has 0 unspecified atom stereocenters. The number of sulfonamides is 1. The van der Waals surface area contributed by atoms with Crippen molar-refractivity contribution in [3.8, 4) is 0 Å². The summed E-state index contributed by atoms with van der Waals surface area (Å²) < 4.78 is 49.9. The van der Waals surface area contributed by atoms with Crippen molar-refractivity contribution in [3.05, 3.63) is 58.6 Å². The van der Waals surface area contributed by atoms with Crippen LogP contribution in [0.1, 0.15) is 32.3 Å². The number of benzene rings is 2. The lowest BCUT2D eigenvalue weighted by Gasteiger charge is -2.07. The third-order valence-corrected chi connectivity index (χ3v) is 6.71. The van der Waals surface area contributed by atoms with E-state index >= 15 is 0 Å². The van der Waals surface area contributed by atoms with Crippen molar-refractivity contribution in [1.82, 2.24) is 4.57 Å². The van der Waals surface area contributed by atoms with Gasteiger partial charge in [0.15, 0.2) is 0 Å². The highest BCUT2D eigenvalue weighted by Gasteiger charge is 2.17. The molecule has 29 heavy (non-hydrogen) atoms. The number of thiazole rings is 1. The Morgan fingerprint density at radius 2 is 1.90 bits per heavy atom. The molecule has 0 aliphatic heterocycles. The zero-order valence-corrected chi connectivity index (χ0v) is 17.9. The van der Waals surface area contributed by atoms with Crippen LogP contribution in [-0.2, 0) is 26.1 Å². The first-order valence-electron chi connectivity index (χ1n) is 9.06. The fourth-order valence-electron chi connectivity index (χ4n) is 2.77. The number of nitrogens with zero attached hydrogens (tertiary/aromatic N) is 2. The molecule has 0 bridgehead atoms. The second kappa shape index (κ2) is 8.46.